The molecule has 0 bridgehead atoms. The molecule has 6 N–H and O–H groups in total. The van der Waals surface area contributed by atoms with Gasteiger partial charge in [-0.3, -0.25) is 14.4 Å². The van der Waals surface area contributed by atoms with Gasteiger partial charge in [0.25, 0.3) is 0 Å². The molecule has 0 saturated carbocycles. The lowest BCUT2D eigenvalue weighted by atomic mass is 9.82. The Hall–Kier alpha value is -4.72. The number of hydrogen-bond acceptors (Lipinski definition) is 17. The summed E-state index contributed by atoms with van der Waals surface area (Å²) in [5.41, 5.74) is 2.05. The van der Waals surface area contributed by atoms with Gasteiger partial charge in [0.1, 0.15) is 0 Å². The van der Waals surface area contributed by atoms with Gasteiger partial charge in [-0.2, -0.15) is 0 Å². The average molecular weight is 1300 g/mol. The van der Waals surface area contributed by atoms with Crippen LogP contribution in [0.5, 0.6) is 0 Å². The average Bonchev–Trinajstić information content (AvgIpc) is 1.60. The summed E-state index contributed by atoms with van der Waals surface area (Å²) >= 11 is 12.9. The van der Waals surface area contributed by atoms with Gasteiger partial charge in [0, 0.05) is 93.1 Å². The van der Waals surface area contributed by atoms with E-state index in [1.54, 1.807) is 60.7 Å². The van der Waals surface area contributed by atoms with Crippen molar-refractivity contribution in [1.82, 2.24) is 39.9 Å². The molecule has 478 valence electrons. The van der Waals surface area contributed by atoms with Gasteiger partial charge in [0.15, 0.2) is 0 Å². The first-order valence-corrected chi connectivity index (χ1v) is 33.7. The quantitative estimate of drug-likeness (QED) is 0.0343. The minimum absolute atomic E-state index is 0.0369. The Morgan fingerprint density at radius 2 is 0.884 bits per heavy atom. The molecule has 3 amide bonds. The van der Waals surface area contributed by atoms with Gasteiger partial charge in [-0.1, -0.05) is 71.7 Å². The number of carbonyl (C=O) groups excluding carboxylic acids is 3. The number of hydrogen-bond donors (Lipinski definition) is 6. The zero-order valence-electron chi connectivity index (χ0n) is 49.2. The van der Waals surface area contributed by atoms with Gasteiger partial charge in [-0.15, -0.1) is 0 Å². The molecule has 1 atom stereocenters. The van der Waals surface area contributed by atoms with E-state index in [1.165, 1.54) is 24.3 Å². The van der Waals surface area contributed by atoms with Crippen LogP contribution in [0.4, 0.5) is 0 Å². The number of sulfonamides is 3. The zero-order chi connectivity index (χ0) is 62.3. The smallest absolute Gasteiger partial charge is 0.240 e. The minimum Gasteiger partial charge on any atom is -0.378 e. The first-order chi connectivity index (χ1) is 41.2. The van der Waals surface area contributed by atoms with Gasteiger partial charge in [0.2, 0.25) is 47.8 Å². The van der Waals surface area contributed by atoms with Crippen LogP contribution in [-0.4, -0.2) is 205 Å². The summed E-state index contributed by atoms with van der Waals surface area (Å²) in [7, 11) is -5.42. The molecule has 4 aromatic rings. The summed E-state index contributed by atoms with van der Waals surface area (Å²) in [5, 5.41) is 9.69. The van der Waals surface area contributed by atoms with Crippen molar-refractivity contribution in [2.24, 2.45) is 0 Å². The maximum Gasteiger partial charge on any atom is 0.240 e. The lowest BCUT2D eigenvalue weighted by Gasteiger charge is -2.40. The van der Waals surface area contributed by atoms with E-state index < -0.39 is 35.6 Å². The van der Waals surface area contributed by atoms with Gasteiger partial charge in [0.05, 0.1) is 94.0 Å². The second-order valence-electron chi connectivity index (χ2n) is 20.4. The molecule has 23 nitrogen and oxygen atoms in total. The van der Waals surface area contributed by atoms with Crippen LogP contribution in [0.1, 0.15) is 61.1 Å². The number of fused-ring (bicyclic) bond motifs is 1. The summed E-state index contributed by atoms with van der Waals surface area (Å²) < 4.78 is 117. The number of ether oxygens (including phenoxy) is 6. The second kappa shape index (κ2) is 38.0. The highest BCUT2D eigenvalue weighted by molar-refractivity contribution is 7.90. The third kappa shape index (κ3) is 25.8. The molecule has 0 radical (unpaired) electrons. The topological polar surface area (TPSA) is 288 Å². The van der Waals surface area contributed by atoms with E-state index in [0.717, 1.165) is 16.7 Å². The normalized spacial score (nSPS) is 14.0. The SMILES string of the molecule is CN1Cc2c(Cl)cc(Cl)cc2[C@H](c2cccc(S(=O)(=O)NCCOCCOCCNC(=O)CCC(CCC(=O)NCCOCCOCCNS(=O)(=O)c3ccccc3)(CCC(=O)NCCOCCOCCNS(=O)(=O)c3ccccc3)N(C)C)c2)C1. The maximum atomic E-state index is 13.3. The number of rotatable bonds is 44. The molecule has 1 aliphatic rings. The summed E-state index contributed by atoms with van der Waals surface area (Å²) in [4.78, 5) is 44.1. The van der Waals surface area contributed by atoms with Crippen molar-refractivity contribution in [2.75, 3.05) is 146 Å². The Labute approximate surface area is 517 Å². The molecule has 0 unspecified atom stereocenters. The lowest BCUT2D eigenvalue weighted by molar-refractivity contribution is -0.122. The number of benzene rings is 4. The van der Waals surface area contributed by atoms with E-state index in [9.17, 15) is 39.6 Å². The molecule has 0 aliphatic carbocycles. The molecular formula is C58H84Cl2N8O15S3. The highest BCUT2D eigenvalue weighted by Crippen LogP contribution is 2.39. The number of amides is 3. The molecule has 0 spiro atoms. The van der Waals surface area contributed by atoms with Crippen molar-refractivity contribution >= 4 is 71.0 Å². The predicted octanol–water partition coefficient (Wildman–Crippen LogP) is 3.90. The van der Waals surface area contributed by atoms with E-state index in [4.69, 9.17) is 51.6 Å². The van der Waals surface area contributed by atoms with Crippen LogP contribution < -0.4 is 30.1 Å². The standard InChI is InChI=1S/C58H84Cl2N8O15S3/c1-67(2)58(20-17-55(69)61-23-29-78-35-38-81-32-26-64-84(72,73)48-12-6-4-7-13-48,21-18-56(70)62-24-30-79-36-39-82-33-27-65-85(74,75)49-14-8-5-9-15-49)22-19-57(71)63-25-31-80-37-40-83-34-28-66-86(76,77)50-16-10-11-46(41-50)52-44-68(3)45-53-51(52)42-47(59)43-54(53)60/h4-16,41-43,52,64-66H,17-40,44-45H2,1-3H3,(H,61,69)(H,62,70)(H,63,71)/t52-/m0/s1. The van der Waals surface area contributed by atoms with Crippen molar-refractivity contribution in [3.05, 3.63) is 124 Å². The summed E-state index contributed by atoms with van der Waals surface area (Å²) in [5.74, 6) is -0.833. The zero-order valence-corrected chi connectivity index (χ0v) is 53.2. The monoisotopic (exact) mass is 1300 g/mol. The van der Waals surface area contributed by atoms with Crippen LogP contribution in [0.2, 0.25) is 10.0 Å². The third-order valence-electron chi connectivity index (χ3n) is 14.0. The van der Waals surface area contributed by atoms with Crippen molar-refractivity contribution in [3.63, 3.8) is 0 Å². The Morgan fingerprint density at radius 3 is 1.28 bits per heavy atom. The van der Waals surface area contributed by atoms with Crippen LogP contribution in [0.15, 0.2) is 112 Å². The highest BCUT2D eigenvalue weighted by atomic mass is 35.5. The fourth-order valence-electron chi connectivity index (χ4n) is 9.33. The minimum atomic E-state index is -3.85. The Morgan fingerprint density at radius 1 is 0.512 bits per heavy atom. The fourth-order valence-corrected chi connectivity index (χ4v) is 13.0. The maximum absolute atomic E-state index is 13.3. The van der Waals surface area contributed by atoms with Crippen molar-refractivity contribution in [1.29, 1.82) is 0 Å². The van der Waals surface area contributed by atoms with Crippen molar-refractivity contribution < 1.29 is 68.1 Å². The van der Waals surface area contributed by atoms with E-state index >= 15 is 0 Å². The predicted molar refractivity (Wildman–Crippen MR) is 328 cm³/mol. The molecule has 4 aromatic carbocycles. The van der Waals surface area contributed by atoms with Crippen molar-refractivity contribution in [3.8, 4) is 0 Å². The highest BCUT2D eigenvalue weighted by Gasteiger charge is 2.34. The Balaban J connectivity index is 0.981. The fraction of sp³-hybridized carbons (Fsp3) is 0.534. The third-order valence-corrected chi connectivity index (χ3v) is 19.0. The van der Waals surface area contributed by atoms with Crippen LogP contribution in [0.25, 0.3) is 0 Å². The molecule has 0 aromatic heterocycles. The number of nitrogens with zero attached hydrogens (tertiary/aromatic N) is 2. The van der Waals surface area contributed by atoms with E-state index in [-0.39, 0.29) is 176 Å². The molecule has 28 heteroatoms. The largest absolute Gasteiger partial charge is 0.378 e. The van der Waals surface area contributed by atoms with Gasteiger partial charge >= 0.3 is 0 Å². The molecule has 0 saturated heterocycles. The van der Waals surface area contributed by atoms with E-state index in [1.807, 2.05) is 38.2 Å². The Kier molecular flexibility index (Phi) is 31.8. The number of halogens is 2. The first kappa shape index (κ1) is 72.0. The van der Waals surface area contributed by atoms with Gasteiger partial charge in [-0.05, 0) is 106 Å². The Bertz CT molecular complexity index is 2940. The van der Waals surface area contributed by atoms with Crippen molar-refractivity contribution in [2.45, 2.75) is 71.2 Å². The van der Waals surface area contributed by atoms with E-state index in [2.05, 4.69) is 35.0 Å². The van der Waals surface area contributed by atoms with Gasteiger partial charge in [-0.25, -0.2) is 39.4 Å². The summed E-state index contributed by atoms with van der Waals surface area (Å²) in [6, 6.07) is 26.5. The number of carbonyl (C=O) groups is 3. The summed E-state index contributed by atoms with van der Waals surface area (Å²) in [6.45, 7) is 4.56. The second-order valence-corrected chi connectivity index (χ2v) is 26.6. The summed E-state index contributed by atoms with van der Waals surface area (Å²) in [6.07, 6.45) is 1.32. The number of nitrogens with one attached hydrogen (secondary N) is 6. The van der Waals surface area contributed by atoms with E-state index in [0.29, 0.717) is 42.4 Å². The molecule has 1 heterocycles. The molecule has 0 fully saturated rings. The van der Waals surface area contributed by atoms with Crippen LogP contribution in [-0.2, 0) is 79.4 Å². The van der Waals surface area contributed by atoms with Crippen LogP contribution in [0.3, 0.4) is 0 Å². The molecule has 1 aliphatic heterocycles. The lowest BCUT2D eigenvalue weighted by Crippen LogP contribution is -2.47. The van der Waals surface area contributed by atoms with Crippen LogP contribution >= 0.6 is 23.2 Å². The molecular weight excluding hydrogens is 1220 g/mol. The first-order valence-electron chi connectivity index (χ1n) is 28.5. The van der Waals surface area contributed by atoms with Crippen LogP contribution in [0, 0.1) is 0 Å². The van der Waals surface area contributed by atoms with Gasteiger partial charge < -0.3 is 54.2 Å². The molecule has 5 rings (SSSR count). The molecule has 86 heavy (non-hydrogen) atoms. The number of likely N-dealkylation sites (N-methyl/N-ethyl adjacent to an activating group) is 1.